The second-order valence-corrected chi connectivity index (χ2v) is 6.42. The van der Waals surface area contributed by atoms with Gasteiger partial charge in [-0.2, -0.15) is 13.2 Å². The molecule has 1 aromatic heterocycles. The Bertz CT molecular complexity index is 898. The maximum atomic E-state index is 13.6. The first-order chi connectivity index (χ1) is 12.3. The molecule has 2 aromatic carbocycles. The maximum Gasteiger partial charge on any atom is 0.405 e. The van der Waals surface area contributed by atoms with Crippen molar-refractivity contribution in [1.82, 2.24) is 9.71 Å². The molecule has 0 aliphatic rings. The number of para-hydroxylation sites is 1. The third kappa shape index (κ3) is 3.99. The van der Waals surface area contributed by atoms with Crippen molar-refractivity contribution in [3.05, 3.63) is 65.6 Å². The summed E-state index contributed by atoms with van der Waals surface area (Å²) < 4.78 is 82.2. The summed E-state index contributed by atoms with van der Waals surface area (Å²) in [6, 6.07) is 5.63. The second kappa shape index (κ2) is 7.24. The van der Waals surface area contributed by atoms with E-state index in [9.17, 15) is 26.3 Å². The molecule has 0 amide bonds. The molecule has 1 unspecified atom stereocenters. The molecular weight excluding hydrogens is 378 g/mol. The predicted molar refractivity (Wildman–Crippen MR) is 87.2 cm³/mol. The molecule has 0 aliphatic carbocycles. The van der Waals surface area contributed by atoms with E-state index in [4.69, 9.17) is 0 Å². The lowest BCUT2D eigenvalue weighted by atomic mass is 10.1. The van der Waals surface area contributed by atoms with E-state index in [-0.39, 0.29) is 11.9 Å². The Kier molecular flexibility index (Phi) is 5.19. The lowest BCUT2D eigenvalue weighted by Gasteiger charge is -2.21. The summed E-state index contributed by atoms with van der Waals surface area (Å²) in [6.45, 7) is 0. The SMILES string of the molecule is Fc1cc(F)c(SNC(Cc2c[nH]c3ccccc23)C(F)(F)F)c(F)c1. The average Bonchev–Trinajstić information content (AvgIpc) is 2.95. The summed E-state index contributed by atoms with van der Waals surface area (Å²) in [5.74, 6) is -3.68. The fraction of sp³-hybridized carbons (Fsp3) is 0.176. The Morgan fingerprint density at radius 3 is 2.35 bits per heavy atom. The van der Waals surface area contributed by atoms with Gasteiger partial charge >= 0.3 is 6.18 Å². The van der Waals surface area contributed by atoms with Crippen molar-refractivity contribution < 1.29 is 26.3 Å². The number of H-pyrrole nitrogens is 1. The molecule has 0 fully saturated rings. The molecule has 3 rings (SSSR count). The number of alkyl halides is 3. The van der Waals surface area contributed by atoms with Crippen LogP contribution in [0.25, 0.3) is 10.9 Å². The van der Waals surface area contributed by atoms with Gasteiger partial charge in [-0.15, -0.1) is 0 Å². The Morgan fingerprint density at radius 2 is 1.69 bits per heavy atom. The van der Waals surface area contributed by atoms with Crippen LogP contribution in [0.3, 0.4) is 0 Å². The quantitative estimate of drug-likeness (QED) is 0.454. The molecule has 2 nitrogen and oxygen atoms in total. The average molecular weight is 390 g/mol. The molecule has 3 aromatic rings. The summed E-state index contributed by atoms with van der Waals surface area (Å²) in [6.07, 6.45) is -3.63. The molecule has 1 atom stereocenters. The van der Waals surface area contributed by atoms with Gasteiger partial charge in [0.25, 0.3) is 0 Å². The normalized spacial score (nSPS) is 13.3. The van der Waals surface area contributed by atoms with E-state index in [0.29, 0.717) is 28.6 Å². The molecule has 1 heterocycles. The van der Waals surface area contributed by atoms with E-state index >= 15 is 0 Å². The van der Waals surface area contributed by atoms with Crippen LogP contribution in [0.5, 0.6) is 0 Å². The van der Waals surface area contributed by atoms with Crippen molar-refractivity contribution in [2.75, 3.05) is 0 Å². The summed E-state index contributed by atoms with van der Waals surface area (Å²) in [7, 11) is 0. The molecule has 2 N–H and O–H groups in total. The number of aromatic amines is 1. The summed E-state index contributed by atoms with van der Waals surface area (Å²) >= 11 is 0.148. The lowest BCUT2D eigenvalue weighted by Crippen LogP contribution is -2.40. The highest BCUT2D eigenvalue weighted by atomic mass is 32.2. The fourth-order valence-corrected chi connectivity index (χ4v) is 3.29. The third-order valence-electron chi connectivity index (χ3n) is 3.76. The molecule has 0 radical (unpaired) electrons. The van der Waals surface area contributed by atoms with Gasteiger partial charge in [0, 0.05) is 29.2 Å². The van der Waals surface area contributed by atoms with Gasteiger partial charge in [-0.3, -0.25) is 0 Å². The zero-order valence-corrected chi connectivity index (χ0v) is 13.8. The van der Waals surface area contributed by atoms with Gasteiger partial charge in [0.15, 0.2) is 0 Å². The van der Waals surface area contributed by atoms with Crippen LogP contribution in [-0.4, -0.2) is 17.2 Å². The number of fused-ring (bicyclic) bond motifs is 1. The minimum atomic E-state index is -4.65. The van der Waals surface area contributed by atoms with Crippen molar-refractivity contribution in [3.8, 4) is 0 Å². The van der Waals surface area contributed by atoms with Gasteiger partial charge < -0.3 is 4.98 Å². The number of hydrogen-bond donors (Lipinski definition) is 2. The van der Waals surface area contributed by atoms with E-state index in [0.717, 1.165) is 0 Å². The highest BCUT2D eigenvalue weighted by molar-refractivity contribution is 7.97. The number of benzene rings is 2. The zero-order chi connectivity index (χ0) is 18.9. The van der Waals surface area contributed by atoms with E-state index in [2.05, 4.69) is 9.71 Å². The van der Waals surface area contributed by atoms with Crippen LogP contribution in [0.4, 0.5) is 26.3 Å². The van der Waals surface area contributed by atoms with Crippen molar-refractivity contribution in [1.29, 1.82) is 0 Å². The largest absolute Gasteiger partial charge is 0.405 e. The third-order valence-corrected chi connectivity index (χ3v) is 4.76. The van der Waals surface area contributed by atoms with E-state index in [1.165, 1.54) is 6.20 Å². The monoisotopic (exact) mass is 390 g/mol. The Balaban J connectivity index is 1.82. The first-order valence-corrected chi connectivity index (χ1v) is 8.26. The summed E-state index contributed by atoms with van der Waals surface area (Å²) in [5, 5.41) is 0.632. The smallest absolute Gasteiger partial charge is 0.361 e. The van der Waals surface area contributed by atoms with Crippen LogP contribution in [0, 0.1) is 17.5 Å². The van der Waals surface area contributed by atoms with Crippen LogP contribution in [0.15, 0.2) is 47.5 Å². The highest BCUT2D eigenvalue weighted by Crippen LogP contribution is 2.31. The predicted octanol–water partition coefficient (Wildman–Crippen LogP) is 5.36. The molecule has 138 valence electrons. The number of aromatic nitrogens is 1. The molecular formula is C17H12F6N2S. The number of rotatable bonds is 5. The van der Waals surface area contributed by atoms with Crippen LogP contribution in [0.1, 0.15) is 5.56 Å². The summed E-state index contributed by atoms with van der Waals surface area (Å²) in [4.78, 5) is 2.16. The van der Waals surface area contributed by atoms with Crippen molar-refractivity contribution in [3.63, 3.8) is 0 Å². The van der Waals surface area contributed by atoms with Crippen LogP contribution < -0.4 is 4.72 Å². The Hall–Kier alpha value is -2.13. The number of halogens is 6. The van der Waals surface area contributed by atoms with Crippen molar-refractivity contribution in [2.45, 2.75) is 23.5 Å². The molecule has 0 saturated carbocycles. The van der Waals surface area contributed by atoms with E-state index < -0.39 is 41.0 Å². The maximum absolute atomic E-state index is 13.6. The topological polar surface area (TPSA) is 27.8 Å². The van der Waals surface area contributed by atoms with Crippen molar-refractivity contribution in [2.24, 2.45) is 0 Å². The van der Waals surface area contributed by atoms with E-state index in [1.807, 2.05) is 0 Å². The van der Waals surface area contributed by atoms with Gasteiger partial charge in [0.2, 0.25) is 0 Å². The van der Waals surface area contributed by atoms with Gasteiger partial charge in [-0.05, 0) is 30.0 Å². The highest BCUT2D eigenvalue weighted by Gasteiger charge is 2.40. The van der Waals surface area contributed by atoms with E-state index in [1.54, 1.807) is 24.3 Å². The first kappa shape index (κ1) is 18.7. The van der Waals surface area contributed by atoms with Crippen LogP contribution >= 0.6 is 11.9 Å². The van der Waals surface area contributed by atoms with Crippen molar-refractivity contribution >= 4 is 22.9 Å². The zero-order valence-electron chi connectivity index (χ0n) is 13.0. The van der Waals surface area contributed by atoms with Gasteiger partial charge in [0.05, 0.1) is 4.90 Å². The first-order valence-electron chi connectivity index (χ1n) is 7.44. The summed E-state index contributed by atoms with van der Waals surface area (Å²) in [5.41, 5.74) is 1.10. The molecule has 0 aliphatic heterocycles. The van der Waals surface area contributed by atoms with Gasteiger partial charge in [-0.1, -0.05) is 18.2 Å². The molecule has 0 spiro atoms. The lowest BCUT2D eigenvalue weighted by molar-refractivity contribution is -0.150. The minimum Gasteiger partial charge on any atom is -0.361 e. The Morgan fingerprint density at radius 1 is 1.04 bits per heavy atom. The molecule has 0 bridgehead atoms. The van der Waals surface area contributed by atoms with Gasteiger partial charge in [0.1, 0.15) is 23.5 Å². The standard InChI is InChI=1S/C17H12F6N2S/c18-10-6-12(19)16(13(20)7-10)26-25-15(17(21,22)23)5-9-8-24-14-4-2-1-3-11(9)14/h1-4,6-8,15,24-25H,5H2. The Labute approximate surface area is 148 Å². The molecule has 9 heteroatoms. The second-order valence-electron chi connectivity index (χ2n) is 5.58. The van der Waals surface area contributed by atoms with Crippen LogP contribution in [-0.2, 0) is 6.42 Å². The number of hydrogen-bond acceptors (Lipinski definition) is 2. The molecule has 0 saturated heterocycles. The minimum absolute atomic E-state index is 0.148. The molecule has 26 heavy (non-hydrogen) atoms. The van der Waals surface area contributed by atoms with Crippen LogP contribution in [0.2, 0.25) is 0 Å². The fourth-order valence-electron chi connectivity index (χ4n) is 2.50. The number of nitrogens with one attached hydrogen (secondary N) is 2. The van der Waals surface area contributed by atoms with Gasteiger partial charge in [-0.25, -0.2) is 17.9 Å².